The highest BCUT2D eigenvalue weighted by Crippen LogP contribution is 2.27. The van der Waals surface area contributed by atoms with Gasteiger partial charge in [0.25, 0.3) is 5.88 Å². The Morgan fingerprint density at radius 2 is 1.96 bits per heavy atom. The highest BCUT2D eigenvalue weighted by atomic mass is 31.0. The molecule has 0 spiro atoms. The van der Waals surface area contributed by atoms with Gasteiger partial charge in [-0.3, -0.25) is 0 Å². The lowest BCUT2D eigenvalue weighted by molar-refractivity contribution is 0.0687. The summed E-state index contributed by atoms with van der Waals surface area (Å²) in [4.78, 5) is 11.0. The third-order valence-electron chi connectivity index (χ3n) is 3.48. The number of rotatable bonds is 4. The van der Waals surface area contributed by atoms with Gasteiger partial charge in [0.2, 0.25) is 5.69 Å². The molecule has 7 heteroatoms. The van der Waals surface area contributed by atoms with Gasteiger partial charge in [0, 0.05) is 0 Å². The van der Waals surface area contributed by atoms with Crippen molar-refractivity contribution in [3.8, 4) is 22.8 Å². The molecule has 116 valence electrons. The van der Waals surface area contributed by atoms with Gasteiger partial charge in [0.15, 0.2) is 0 Å². The number of aromatic carboxylic acids is 1. The minimum atomic E-state index is -1.20. The Bertz CT molecular complexity index is 859. The van der Waals surface area contributed by atoms with E-state index in [1.165, 1.54) is 5.56 Å². The normalized spacial score (nSPS) is 10.5. The van der Waals surface area contributed by atoms with E-state index in [9.17, 15) is 4.79 Å². The molecule has 6 nitrogen and oxygen atoms in total. The van der Waals surface area contributed by atoms with E-state index >= 15 is 0 Å². The van der Waals surface area contributed by atoms with Gasteiger partial charge < -0.3 is 9.84 Å². The lowest BCUT2D eigenvalue weighted by Crippen LogP contribution is -2.00. The summed E-state index contributed by atoms with van der Waals surface area (Å²) in [6.07, 6.45) is 0. The van der Waals surface area contributed by atoms with Gasteiger partial charge in [0.1, 0.15) is 5.75 Å². The Balaban J connectivity index is 1.86. The summed E-state index contributed by atoms with van der Waals surface area (Å²) < 4.78 is 5.49. The first-order valence-corrected chi connectivity index (χ1v) is 7.41. The summed E-state index contributed by atoms with van der Waals surface area (Å²) in [6, 6.07) is 13.5. The Hall–Kier alpha value is -2.72. The highest BCUT2D eigenvalue weighted by Gasteiger charge is 2.16. The first-order valence-electron chi connectivity index (χ1n) is 6.84. The number of aromatic nitrogens is 3. The average molecular weight is 327 g/mol. The Kier molecular flexibility index (Phi) is 4.08. The fourth-order valence-corrected chi connectivity index (χ4v) is 2.48. The number of nitrogens with one attached hydrogen (secondary N) is 1. The van der Waals surface area contributed by atoms with Crippen molar-refractivity contribution < 1.29 is 14.6 Å². The van der Waals surface area contributed by atoms with E-state index in [1.807, 2.05) is 24.3 Å². The van der Waals surface area contributed by atoms with Gasteiger partial charge in [0.05, 0.1) is 0 Å². The number of carboxylic acids is 1. The second kappa shape index (κ2) is 6.18. The van der Waals surface area contributed by atoms with Crippen LogP contribution in [0.2, 0.25) is 0 Å². The molecule has 1 unspecified atom stereocenters. The zero-order valence-electron chi connectivity index (χ0n) is 12.3. The van der Waals surface area contributed by atoms with Crippen LogP contribution in [0.5, 0.6) is 11.6 Å². The van der Waals surface area contributed by atoms with Crippen LogP contribution in [0.15, 0.2) is 42.5 Å². The Labute approximate surface area is 134 Å². The monoisotopic (exact) mass is 327 g/mol. The van der Waals surface area contributed by atoms with Crippen LogP contribution in [0, 0.1) is 6.92 Å². The third-order valence-corrected chi connectivity index (χ3v) is 4.11. The summed E-state index contributed by atoms with van der Waals surface area (Å²) >= 11 is 0. The third kappa shape index (κ3) is 3.07. The van der Waals surface area contributed by atoms with Crippen molar-refractivity contribution in [1.29, 1.82) is 0 Å². The maximum atomic E-state index is 11.0. The number of nitrogens with zero attached hydrogens (tertiary/aromatic N) is 2. The van der Waals surface area contributed by atoms with E-state index in [0.717, 1.165) is 16.4 Å². The smallest absolute Gasteiger partial charge is 0.362 e. The summed E-state index contributed by atoms with van der Waals surface area (Å²) in [7, 11) is 2.72. The van der Waals surface area contributed by atoms with E-state index in [2.05, 4.69) is 37.6 Å². The van der Waals surface area contributed by atoms with E-state index < -0.39 is 5.97 Å². The van der Waals surface area contributed by atoms with Crippen LogP contribution in [0.25, 0.3) is 11.1 Å². The predicted octanol–water partition coefficient (Wildman–Crippen LogP) is 2.77. The quantitative estimate of drug-likeness (QED) is 0.719. The minimum Gasteiger partial charge on any atom is -0.476 e. The number of aromatic amines is 1. The van der Waals surface area contributed by atoms with Crippen molar-refractivity contribution in [3.63, 3.8) is 0 Å². The number of hydrogen-bond donors (Lipinski definition) is 2. The molecule has 2 N–H and O–H groups in total. The van der Waals surface area contributed by atoms with Gasteiger partial charge in [-0.05, 0) is 41.1 Å². The summed E-state index contributed by atoms with van der Waals surface area (Å²) in [6.45, 7) is 2.07. The van der Waals surface area contributed by atoms with Crippen molar-refractivity contribution in [2.24, 2.45) is 0 Å². The number of carboxylic acid groups (broad SMARTS) is 1. The molecular formula is C16H14N3O3P. The first kappa shape index (κ1) is 15.2. The van der Waals surface area contributed by atoms with Crippen LogP contribution < -0.4 is 10.0 Å². The molecular weight excluding hydrogens is 313 g/mol. The van der Waals surface area contributed by atoms with E-state index in [4.69, 9.17) is 9.84 Å². The second-order valence-electron chi connectivity index (χ2n) is 4.94. The Morgan fingerprint density at radius 1 is 1.22 bits per heavy atom. The first-order chi connectivity index (χ1) is 11.1. The highest BCUT2D eigenvalue weighted by molar-refractivity contribution is 7.27. The number of H-pyrrole nitrogens is 1. The minimum absolute atomic E-state index is 0.00776. The lowest BCUT2D eigenvalue weighted by Gasteiger charge is -2.09. The van der Waals surface area contributed by atoms with Crippen molar-refractivity contribution in [3.05, 3.63) is 53.7 Å². The topological polar surface area (TPSA) is 88.1 Å². The molecule has 0 saturated carbocycles. The predicted molar refractivity (Wildman–Crippen MR) is 89.4 cm³/mol. The average Bonchev–Trinajstić information content (AvgIpc) is 2.99. The van der Waals surface area contributed by atoms with Crippen LogP contribution in [0.1, 0.15) is 16.1 Å². The van der Waals surface area contributed by atoms with Crippen molar-refractivity contribution >= 4 is 20.5 Å². The van der Waals surface area contributed by atoms with Gasteiger partial charge in [-0.15, -0.1) is 14.3 Å². The van der Waals surface area contributed by atoms with E-state index in [0.29, 0.717) is 5.75 Å². The number of ether oxygens (including phenoxy) is 1. The van der Waals surface area contributed by atoms with Gasteiger partial charge in [-0.25, -0.2) is 9.89 Å². The van der Waals surface area contributed by atoms with Crippen LogP contribution in [-0.4, -0.2) is 26.5 Å². The maximum absolute atomic E-state index is 11.0. The molecule has 1 heterocycles. The summed E-state index contributed by atoms with van der Waals surface area (Å²) in [5, 5.41) is 19.5. The summed E-state index contributed by atoms with van der Waals surface area (Å²) in [5.41, 5.74) is 3.14. The molecule has 3 rings (SSSR count). The van der Waals surface area contributed by atoms with E-state index in [-0.39, 0.29) is 11.6 Å². The molecule has 0 aliphatic carbocycles. The van der Waals surface area contributed by atoms with E-state index in [1.54, 1.807) is 12.1 Å². The molecule has 0 saturated heterocycles. The molecule has 0 aliphatic heterocycles. The fraction of sp³-hybridized carbons (Fsp3) is 0.0625. The van der Waals surface area contributed by atoms with Crippen molar-refractivity contribution in [1.82, 2.24) is 15.4 Å². The van der Waals surface area contributed by atoms with Crippen LogP contribution in [0.3, 0.4) is 0 Å². The molecule has 0 radical (unpaired) electrons. The zero-order valence-corrected chi connectivity index (χ0v) is 13.4. The van der Waals surface area contributed by atoms with Gasteiger partial charge in [-0.2, -0.15) is 0 Å². The largest absolute Gasteiger partial charge is 0.476 e. The van der Waals surface area contributed by atoms with Crippen molar-refractivity contribution in [2.75, 3.05) is 0 Å². The molecule has 0 fully saturated rings. The number of carbonyl (C=O) groups is 1. The molecule has 0 aliphatic rings. The SMILES string of the molecule is Cc1c(P)cccc1-c1ccc(Oc2[nH]nnc2C(=O)O)cc1. The maximum Gasteiger partial charge on any atom is 0.362 e. The summed E-state index contributed by atoms with van der Waals surface area (Å²) in [5.74, 6) is -0.686. The number of benzene rings is 2. The zero-order chi connectivity index (χ0) is 16.4. The molecule has 1 aromatic heterocycles. The standard InChI is InChI=1S/C16H14N3O3P/c1-9-12(3-2-4-13(9)23)10-5-7-11(8-6-10)22-15-14(16(20)21)17-19-18-15/h2-8H,23H2,1H3,(H,20,21)(H,17,18,19). The van der Waals surface area contributed by atoms with Crippen LogP contribution in [0.4, 0.5) is 0 Å². The molecule has 1 atom stereocenters. The molecule has 2 aromatic carbocycles. The van der Waals surface area contributed by atoms with Crippen LogP contribution in [-0.2, 0) is 0 Å². The Morgan fingerprint density at radius 3 is 2.65 bits per heavy atom. The lowest BCUT2D eigenvalue weighted by atomic mass is 10.0. The fourth-order valence-electron chi connectivity index (χ4n) is 2.22. The van der Waals surface area contributed by atoms with Crippen LogP contribution >= 0.6 is 9.24 Å². The van der Waals surface area contributed by atoms with Gasteiger partial charge in [-0.1, -0.05) is 35.5 Å². The molecule has 3 aromatic rings. The molecule has 23 heavy (non-hydrogen) atoms. The molecule has 0 bridgehead atoms. The van der Waals surface area contributed by atoms with Gasteiger partial charge >= 0.3 is 5.97 Å². The van der Waals surface area contributed by atoms with Crippen molar-refractivity contribution in [2.45, 2.75) is 6.92 Å². The number of hydrogen-bond acceptors (Lipinski definition) is 4. The second-order valence-corrected chi connectivity index (χ2v) is 5.56. The molecule has 0 amide bonds.